The van der Waals surface area contributed by atoms with Crippen LogP contribution in [0.1, 0.15) is 16.7 Å². The predicted octanol–water partition coefficient (Wildman–Crippen LogP) is 2.90. The lowest BCUT2D eigenvalue weighted by Crippen LogP contribution is -2.04. The molecule has 1 N–H and O–H groups in total. The van der Waals surface area contributed by atoms with Crippen molar-refractivity contribution >= 4 is 5.97 Å². The van der Waals surface area contributed by atoms with Crippen LogP contribution in [0.5, 0.6) is 5.75 Å². The maximum absolute atomic E-state index is 13.3. The Kier molecular flexibility index (Phi) is 4.52. The fourth-order valence-corrected chi connectivity index (χ4v) is 1.91. The largest absolute Gasteiger partial charge is 0.489 e. The van der Waals surface area contributed by atoms with Crippen LogP contribution >= 0.6 is 0 Å². The van der Waals surface area contributed by atoms with Gasteiger partial charge in [0, 0.05) is 5.56 Å². The maximum Gasteiger partial charge on any atom is 0.307 e. The summed E-state index contributed by atoms with van der Waals surface area (Å²) in [5.74, 6) is -1.03. The lowest BCUT2D eigenvalue weighted by atomic mass is 10.1. The number of hydrogen-bond donors (Lipinski definition) is 1. The Balaban J connectivity index is 2.15. The molecule has 0 radical (unpaired) electrons. The Labute approximate surface area is 121 Å². The summed E-state index contributed by atoms with van der Waals surface area (Å²) in [7, 11) is 0. The summed E-state index contributed by atoms with van der Waals surface area (Å²) in [6.07, 6.45) is -0.150. The molecule has 4 nitrogen and oxygen atoms in total. The van der Waals surface area contributed by atoms with Crippen molar-refractivity contribution in [2.75, 3.05) is 0 Å². The van der Waals surface area contributed by atoms with Crippen molar-refractivity contribution in [3.8, 4) is 11.8 Å². The van der Waals surface area contributed by atoms with Gasteiger partial charge in [0.25, 0.3) is 0 Å². The van der Waals surface area contributed by atoms with Gasteiger partial charge in [-0.3, -0.25) is 4.79 Å². The molecule has 0 atom stereocenters. The minimum Gasteiger partial charge on any atom is -0.489 e. The summed E-state index contributed by atoms with van der Waals surface area (Å²) >= 11 is 0. The van der Waals surface area contributed by atoms with Gasteiger partial charge in [-0.25, -0.2) is 4.39 Å². The molecule has 0 saturated heterocycles. The third-order valence-corrected chi connectivity index (χ3v) is 2.80. The fourth-order valence-electron chi connectivity index (χ4n) is 1.91. The van der Waals surface area contributed by atoms with E-state index >= 15 is 0 Å². The number of para-hydroxylation sites is 1. The van der Waals surface area contributed by atoms with E-state index in [1.165, 1.54) is 12.1 Å². The molecule has 0 aliphatic heterocycles. The molecule has 0 amide bonds. The summed E-state index contributed by atoms with van der Waals surface area (Å²) in [4.78, 5) is 10.8. The Bertz CT molecular complexity index is 707. The first-order valence-corrected chi connectivity index (χ1v) is 6.20. The molecule has 2 aromatic carbocycles. The number of carboxylic acid groups (broad SMARTS) is 1. The van der Waals surface area contributed by atoms with E-state index in [1.807, 2.05) is 6.07 Å². The molecule has 21 heavy (non-hydrogen) atoms. The Morgan fingerprint density at radius 2 is 2.05 bits per heavy atom. The van der Waals surface area contributed by atoms with Gasteiger partial charge in [-0.05, 0) is 29.8 Å². The normalized spacial score (nSPS) is 9.90. The van der Waals surface area contributed by atoms with Crippen LogP contribution in [0.3, 0.4) is 0 Å². The summed E-state index contributed by atoms with van der Waals surface area (Å²) in [6.45, 7) is 0.0586. The Morgan fingerprint density at radius 3 is 2.76 bits per heavy atom. The first-order chi connectivity index (χ1) is 10.1. The molecule has 0 bridgehead atoms. The number of carboxylic acids is 1. The number of aliphatic carboxylic acids is 1. The second-order valence-electron chi connectivity index (χ2n) is 4.43. The van der Waals surface area contributed by atoms with Gasteiger partial charge in [0.2, 0.25) is 0 Å². The fraction of sp³-hybridized carbons (Fsp3) is 0.125. The highest BCUT2D eigenvalue weighted by Crippen LogP contribution is 2.20. The van der Waals surface area contributed by atoms with Gasteiger partial charge in [0.1, 0.15) is 18.2 Å². The monoisotopic (exact) mass is 285 g/mol. The molecule has 0 aromatic heterocycles. The molecule has 0 spiro atoms. The highest BCUT2D eigenvalue weighted by Gasteiger charge is 2.08. The molecule has 0 aliphatic carbocycles. The molecule has 0 aliphatic rings. The minimum absolute atomic E-state index is 0.0586. The Hall–Kier alpha value is -2.87. The second kappa shape index (κ2) is 6.53. The summed E-state index contributed by atoms with van der Waals surface area (Å²) in [5.41, 5.74) is 1.27. The molecule has 2 rings (SSSR count). The van der Waals surface area contributed by atoms with Gasteiger partial charge in [-0.1, -0.05) is 18.2 Å². The average Bonchev–Trinajstić information content (AvgIpc) is 2.45. The van der Waals surface area contributed by atoms with Gasteiger partial charge in [0.05, 0.1) is 18.1 Å². The number of nitriles is 1. The zero-order chi connectivity index (χ0) is 15.2. The number of carbonyl (C=O) groups is 1. The topological polar surface area (TPSA) is 70.3 Å². The number of rotatable bonds is 5. The van der Waals surface area contributed by atoms with Crippen LogP contribution in [-0.2, 0) is 17.8 Å². The minimum atomic E-state index is -0.955. The molecule has 0 saturated carbocycles. The molecular formula is C16H12FNO3. The van der Waals surface area contributed by atoms with E-state index in [0.29, 0.717) is 16.9 Å². The molecule has 0 unspecified atom stereocenters. The summed E-state index contributed by atoms with van der Waals surface area (Å²) in [5, 5.41) is 17.6. The van der Waals surface area contributed by atoms with Gasteiger partial charge in [-0.15, -0.1) is 0 Å². The summed E-state index contributed by atoms with van der Waals surface area (Å²) in [6, 6.07) is 12.6. The number of benzene rings is 2. The van der Waals surface area contributed by atoms with Crippen molar-refractivity contribution in [2.45, 2.75) is 13.0 Å². The van der Waals surface area contributed by atoms with Crippen molar-refractivity contribution in [2.24, 2.45) is 0 Å². The molecule has 106 valence electrons. The van der Waals surface area contributed by atoms with E-state index < -0.39 is 11.8 Å². The molecule has 0 heterocycles. The second-order valence-corrected chi connectivity index (χ2v) is 4.43. The van der Waals surface area contributed by atoms with Gasteiger partial charge < -0.3 is 9.84 Å². The third-order valence-electron chi connectivity index (χ3n) is 2.80. The van der Waals surface area contributed by atoms with Crippen LogP contribution in [0.25, 0.3) is 0 Å². The van der Waals surface area contributed by atoms with E-state index in [2.05, 4.69) is 0 Å². The van der Waals surface area contributed by atoms with Crippen LogP contribution in [-0.4, -0.2) is 11.1 Å². The van der Waals surface area contributed by atoms with Crippen molar-refractivity contribution in [3.63, 3.8) is 0 Å². The standard InChI is InChI=1S/C16H12FNO3/c17-14-6-11(9-18)5-12(7-14)10-21-15-4-2-1-3-13(15)8-16(19)20/h1-7H,8,10H2,(H,19,20). The lowest BCUT2D eigenvalue weighted by Gasteiger charge is -2.10. The predicted molar refractivity (Wildman–Crippen MR) is 73.2 cm³/mol. The van der Waals surface area contributed by atoms with E-state index in [-0.39, 0.29) is 18.6 Å². The number of nitrogens with zero attached hydrogens (tertiary/aromatic N) is 1. The Morgan fingerprint density at radius 1 is 1.29 bits per heavy atom. The van der Waals surface area contributed by atoms with E-state index in [4.69, 9.17) is 15.1 Å². The van der Waals surface area contributed by atoms with Crippen molar-refractivity contribution in [1.82, 2.24) is 0 Å². The van der Waals surface area contributed by atoms with Crippen molar-refractivity contribution < 1.29 is 19.0 Å². The molecular weight excluding hydrogens is 273 g/mol. The van der Waals surface area contributed by atoms with Crippen LogP contribution in [0, 0.1) is 17.1 Å². The average molecular weight is 285 g/mol. The zero-order valence-corrected chi connectivity index (χ0v) is 11.0. The summed E-state index contributed by atoms with van der Waals surface area (Å²) < 4.78 is 18.8. The lowest BCUT2D eigenvalue weighted by molar-refractivity contribution is -0.136. The molecule has 2 aromatic rings. The first kappa shape index (κ1) is 14.5. The highest BCUT2D eigenvalue weighted by molar-refractivity contribution is 5.71. The quantitative estimate of drug-likeness (QED) is 0.917. The van der Waals surface area contributed by atoms with E-state index in [1.54, 1.807) is 24.3 Å². The van der Waals surface area contributed by atoms with Gasteiger partial charge in [0.15, 0.2) is 0 Å². The van der Waals surface area contributed by atoms with Crippen LogP contribution in [0.15, 0.2) is 42.5 Å². The van der Waals surface area contributed by atoms with Crippen LogP contribution in [0.4, 0.5) is 4.39 Å². The van der Waals surface area contributed by atoms with E-state index in [9.17, 15) is 9.18 Å². The van der Waals surface area contributed by atoms with Gasteiger partial charge in [-0.2, -0.15) is 5.26 Å². The number of hydrogen-bond acceptors (Lipinski definition) is 3. The molecule has 0 fully saturated rings. The van der Waals surface area contributed by atoms with E-state index in [0.717, 1.165) is 6.07 Å². The highest BCUT2D eigenvalue weighted by atomic mass is 19.1. The SMILES string of the molecule is N#Cc1cc(F)cc(COc2ccccc2CC(=O)O)c1. The zero-order valence-electron chi connectivity index (χ0n) is 11.0. The van der Waals surface area contributed by atoms with Crippen molar-refractivity contribution in [3.05, 3.63) is 65.0 Å². The number of ether oxygens (including phenoxy) is 1. The smallest absolute Gasteiger partial charge is 0.307 e. The maximum atomic E-state index is 13.3. The number of halogens is 1. The molecule has 5 heteroatoms. The van der Waals surface area contributed by atoms with Crippen LogP contribution in [0.2, 0.25) is 0 Å². The third kappa shape index (κ3) is 4.05. The first-order valence-electron chi connectivity index (χ1n) is 6.20. The van der Waals surface area contributed by atoms with Crippen molar-refractivity contribution in [1.29, 1.82) is 5.26 Å². The van der Waals surface area contributed by atoms with Crippen LogP contribution < -0.4 is 4.74 Å². The van der Waals surface area contributed by atoms with Gasteiger partial charge >= 0.3 is 5.97 Å².